The summed E-state index contributed by atoms with van der Waals surface area (Å²) >= 11 is 0. The van der Waals surface area contributed by atoms with E-state index in [1.807, 2.05) is 37.3 Å². The maximum atomic E-state index is 13.2. The van der Waals surface area contributed by atoms with Gasteiger partial charge in [0.2, 0.25) is 0 Å². The molecule has 1 aliphatic rings. The second-order valence-corrected chi connectivity index (χ2v) is 9.46. The second-order valence-electron chi connectivity index (χ2n) is 7.53. The van der Waals surface area contributed by atoms with Gasteiger partial charge in [-0.05, 0) is 31.2 Å². The minimum atomic E-state index is -3.33. The number of rotatable bonds is 7. The highest BCUT2D eigenvalue weighted by molar-refractivity contribution is 7.93. The lowest BCUT2D eigenvalue weighted by Crippen LogP contribution is -2.47. The number of sulfone groups is 1. The molecule has 1 aliphatic heterocycles. The van der Waals surface area contributed by atoms with Crippen LogP contribution in [0.2, 0.25) is 0 Å². The SMILES string of the molecule is Cc1ccc2c(Oc3ccccc3)c(C(=O)NC(/C=C/S(C)(=O)=O)C3COC3)cnn12. The number of carbonyl (C=O) groups excluding carboxylic acids is 1. The van der Waals surface area contributed by atoms with Crippen molar-refractivity contribution in [3.05, 3.63) is 71.4 Å². The largest absolute Gasteiger partial charge is 0.454 e. The molecule has 9 heteroatoms. The van der Waals surface area contributed by atoms with Gasteiger partial charge in [-0.25, -0.2) is 12.9 Å². The van der Waals surface area contributed by atoms with Crippen molar-refractivity contribution in [3.63, 3.8) is 0 Å². The molecule has 0 aliphatic carbocycles. The Morgan fingerprint density at radius 1 is 1.26 bits per heavy atom. The molecule has 0 radical (unpaired) electrons. The monoisotopic (exact) mass is 441 g/mol. The van der Waals surface area contributed by atoms with Gasteiger partial charge in [0.25, 0.3) is 5.91 Å². The quantitative estimate of drug-likeness (QED) is 0.605. The van der Waals surface area contributed by atoms with Crippen LogP contribution in [0.25, 0.3) is 5.52 Å². The van der Waals surface area contributed by atoms with Gasteiger partial charge in [0, 0.05) is 23.3 Å². The van der Waals surface area contributed by atoms with Gasteiger partial charge in [-0.2, -0.15) is 5.10 Å². The number of fused-ring (bicyclic) bond motifs is 1. The van der Waals surface area contributed by atoms with Crippen molar-refractivity contribution in [2.75, 3.05) is 19.5 Å². The van der Waals surface area contributed by atoms with Crippen LogP contribution in [0.1, 0.15) is 16.1 Å². The van der Waals surface area contributed by atoms with Crippen LogP contribution in [-0.4, -0.2) is 49.5 Å². The Morgan fingerprint density at radius 3 is 2.65 bits per heavy atom. The predicted octanol–water partition coefficient (Wildman–Crippen LogP) is 2.74. The van der Waals surface area contributed by atoms with E-state index in [1.54, 1.807) is 16.6 Å². The topological polar surface area (TPSA) is 99.0 Å². The number of hydrogen-bond donors (Lipinski definition) is 1. The lowest BCUT2D eigenvalue weighted by Gasteiger charge is -2.32. The summed E-state index contributed by atoms with van der Waals surface area (Å²) in [5.74, 6) is 0.550. The predicted molar refractivity (Wildman–Crippen MR) is 116 cm³/mol. The van der Waals surface area contributed by atoms with E-state index in [0.29, 0.717) is 30.2 Å². The zero-order valence-corrected chi connectivity index (χ0v) is 18.0. The third-order valence-electron chi connectivity index (χ3n) is 5.03. The van der Waals surface area contributed by atoms with Crippen molar-refractivity contribution in [2.45, 2.75) is 13.0 Å². The van der Waals surface area contributed by atoms with Crippen molar-refractivity contribution < 1.29 is 22.7 Å². The van der Waals surface area contributed by atoms with Gasteiger partial charge < -0.3 is 14.8 Å². The Bertz CT molecular complexity index is 1230. The normalized spacial score (nSPS) is 15.7. The third-order valence-corrected chi connectivity index (χ3v) is 5.69. The van der Waals surface area contributed by atoms with Crippen LogP contribution in [0.5, 0.6) is 11.5 Å². The Labute approximate surface area is 180 Å². The van der Waals surface area contributed by atoms with Crippen LogP contribution in [0.3, 0.4) is 0 Å². The summed E-state index contributed by atoms with van der Waals surface area (Å²) in [4.78, 5) is 13.2. The Balaban J connectivity index is 1.69. The van der Waals surface area contributed by atoms with Crippen LogP contribution in [0.15, 0.2) is 60.1 Å². The number of para-hydroxylation sites is 1. The van der Waals surface area contributed by atoms with Crippen LogP contribution in [0.4, 0.5) is 0 Å². The molecule has 3 aromatic rings. The van der Waals surface area contributed by atoms with Gasteiger partial charge in [-0.1, -0.05) is 24.3 Å². The van der Waals surface area contributed by atoms with E-state index in [-0.39, 0.29) is 11.5 Å². The highest BCUT2D eigenvalue weighted by Gasteiger charge is 2.30. The summed E-state index contributed by atoms with van der Waals surface area (Å²) in [7, 11) is -3.33. The summed E-state index contributed by atoms with van der Waals surface area (Å²) in [5, 5.41) is 8.39. The lowest BCUT2D eigenvalue weighted by molar-refractivity contribution is -0.0410. The fraction of sp³-hybridized carbons (Fsp3) is 0.273. The van der Waals surface area contributed by atoms with Gasteiger partial charge in [0.1, 0.15) is 16.8 Å². The minimum Gasteiger partial charge on any atom is -0.454 e. The van der Waals surface area contributed by atoms with Gasteiger partial charge in [0.15, 0.2) is 15.6 Å². The van der Waals surface area contributed by atoms with Gasteiger partial charge in [0.05, 0.1) is 25.5 Å². The molecule has 0 bridgehead atoms. The number of aryl methyl sites for hydroxylation is 1. The Morgan fingerprint density at radius 2 is 2.00 bits per heavy atom. The molecule has 1 fully saturated rings. The van der Waals surface area contributed by atoms with Crippen LogP contribution in [0, 0.1) is 12.8 Å². The number of benzene rings is 1. The maximum Gasteiger partial charge on any atom is 0.257 e. The summed E-state index contributed by atoms with van der Waals surface area (Å²) in [5.41, 5.74) is 1.82. The first-order valence-electron chi connectivity index (χ1n) is 9.79. The van der Waals surface area contributed by atoms with Crippen molar-refractivity contribution in [1.29, 1.82) is 0 Å². The zero-order chi connectivity index (χ0) is 22.0. The number of nitrogens with one attached hydrogen (secondary N) is 1. The van der Waals surface area contributed by atoms with Crippen LogP contribution in [-0.2, 0) is 14.6 Å². The van der Waals surface area contributed by atoms with E-state index in [1.165, 1.54) is 12.3 Å². The molecule has 0 saturated carbocycles. The van der Waals surface area contributed by atoms with E-state index in [4.69, 9.17) is 9.47 Å². The lowest BCUT2D eigenvalue weighted by atomic mass is 9.98. The average Bonchev–Trinajstić information content (AvgIpc) is 3.06. The van der Waals surface area contributed by atoms with Crippen molar-refractivity contribution >= 4 is 21.3 Å². The second kappa shape index (κ2) is 8.52. The number of amides is 1. The first-order chi connectivity index (χ1) is 14.8. The Kier molecular flexibility index (Phi) is 5.79. The highest BCUT2D eigenvalue weighted by Crippen LogP contribution is 2.31. The van der Waals surface area contributed by atoms with Crippen molar-refractivity contribution in [3.8, 4) is 11.5 Å². The molecule has 8 nitrogen and oxygen atoms in total. The molecular weight excluding hydrogens is 418 g/mol. The molecule has 1 atom stereocenters. The van der Waals surface area contributed by atoms with E-state index >= 15 is 0 Å². The maximum absolute atomic E-state index is 13.2. The number of nitrogens with zero attached hydrogens (tertiary/aromatic N) is 2. The molecule has 2 aromatic heterocycles. The van der Waals surface area contributed by atoms with Crippen molar-refractivity contribution in [1.82, 2.24) is 14.9 Å². The van der Waals surface area contributed by atoms with Crippen LogP contribution >= 0.6 is 0 Å². The van der Waals surface area contributed by atoms with Gasteiger partial charge in [-0.3, -0.25) is 4.79 Å². The third kappa shape index (κ3) is 4.78. The number of carbonyl (C=O) groups is 1. The smallest absolute Gasteiger partial charge is 0.257 e. The molecule has 1 saturated heterocycles. The minimum absolute atomic E-state index is 0.00678. The first kappa shape index (κ1) is 21.1. The molecule has 3 heterocycles. The molecule has 162 valence electrons. The van der Waals surface area contributed by atoms with Crippen LogP contribution < -0.4 is 10.1 Å². The molecular formula is C22H23N3O5S. The summed E-state index contributed by atoms with van der Waals surface area (Å²) in [6.45, 7) is 2.80. The fourth-order valence-corrected chi connectivity index (χ4v) is 3.74. The molecule has 31 heavy (non-hydrogen) atoms. The molecule has 1 amide bonds. The van der Waals surface area contributed by atoms with E-state index in [9.17, 15) is 13.2 Å². The van der Waals surface area contributed by atoms with E-state index in [2.05, 4.69) is 10.4 Å². The van der Waals surface area contributed by atoms with E-state index < -0.39 is 21.8 Å². The number of aromatic nitrogens is 2. The summed E-state index contributed by atoms with van der Waals surface area (Å²) in [6, 6.07) is 12.4. The van der Waals surface area contributed by atoms with E-state index in [0.717, 1.165) is 17.4 Å². The average molecular weight is 442 g/mol. The first-order valence-corrected chi connectivity index (χ1v) is 11.7. The number of ether oxygens (including phenoxy) is 2. The summed E-state index contributed by atoms with van der Waals surface area (Å²) < 4.78 is 36.1. The fourth-order valence-electron chi connectivity index (χ4n) is 3.28. The molecule has 1 aromatic carbocycles. The van der Waals surface area contributed by atoms with Gasteiger partial charge in [-0.15, -0.1) is 0 Å². The molecule has 1 unspecified atom stereocenters. The van der Waals surface area contributed by atoms with Gasteiger partial charge >= 0.3 is 0 Å². The molecule has 0 spiro atoms. The summed E-state index contributed by atoms with van der Waals surface area (Å²) in [6.07, 6.45) is 4.06. The standard InChI is InChI=1S/C22H23N3O5S/c1-15-8-9-20-21(30-17-6-4-3-5-7-17)18(12-23-25(15)20)22(26)24-19(16-13-29-14-16)10-11-31(2,27)28/h3-12,16,19H,13-14H2,1-2H3,(H,24,26)/b11-10+. The highest BCUT2D eigenvalue weighted by atomic mass is 32.2. The number of hydrogen-bond acceptors (Lipinski definition) is 6. The molecule has 1 N–H and O–H groups in total. The van der Waals surface area contributed by atoms with Crippen molar-refractivity contribution in [2.24, 2.45) is 5.92 Å². The zero-order valence-electron chi connectivity index (χ0n) is 17.2. The Hall–Kier alpha value is -3.17. The molecule has 4 rings (SSSR count).